The minimum atomic E-state index is -2.60. The molecule has 1 amide bonds. The molecule has 0 bridgehead atoms. The second kappa shape index (κ2) is 13.2. The van der Waals surface area contributed by atoms with Crippen molar-refractivity contribution in [3.05, 3.63) is 91.4 Å². The fraction of sp³-hybridized carbons (Fsp3) is 0.379. The molecule has 11 heteroatoms. The summed E-state index contributed by atoms with van der Waals surface area (Å²) in [7, 11) is -1.60. The van der Waals surface area contributed by atoms with Crippen LogP contribution in [0.5, 0.6) is 0 Å². The zero-order chi connectivity index (χ0) is 29.0. The second-order valence-electron chi connectivity index (χ2n) is 10.1. The molecule has 8 nitrogen and oxygen atoms in total. The molecule has 2 aromatic heterocycles. The number of benzene rings is 1. The molecule has 0 radical (unpaired) electrons. The summed E-state index contributed by atoms with van der Waals surface area (Å²) in [5, 5.41) is 10.0. The van der Waals surface area contributed by atoms with E-state index >= 15 is 0 Å². The Morgan fingerprint density at radius 3 is 2.62 bits per heavy atom. The number of pyridine rings is 2. The number of aryl methyl sites for hydroxylation is 3. The predicted octanol–water partition coefficient (Wildman–Crippen LogP) is 3.67. The predicted molar refractivity (Wildman–Crippen MR) is 168 cm³/mol. The molecule has 1 saturated heterocycles. The van der Waals surface area contributed by atoms with Gasteiger partial charge < -0.3 is 10.4 Å². The monoisotopic (exact) mass is 691 g/mol. The summed E-state index contributed by atoms with van der Waals surface area (Å²) in [5.41, 5.74) is 6.79. The normalized spacial score (nSPS) is 20.6. The van der Waals surface area contributed by atoms with Crippen LogP contribution in [0.2, 0.25) is 0 Å². The van der Waals surface area contributed by atoms with E-state index in [4.69, 9.17) is 10.1 Å². The van der Waals surface area contributed by atoms with Crippen molar-refractivity contribution >= 4 is 53.3 Å². The van der Waals surface area contributed by atoms with Crippen LogP contribution in [0, 0.1) is 6.92 Å². The lowest BCUT2D eigenvalue weighted by Gasteiger charge is -2.44. The number of nitrogens with zero attached hydrogens (tertiary/aromatic N) is 4. The topological polar surface area (TPSA) is 98.7 Å². The number of hydrogen-bond donors (Lipinski definition) is 2. The van der Waals surface area contributed by atoms with Crippen LogP contribution in [0.25, 0.3) is 0 Å². The molecule has 40 heavy (non-hydrogen) atoms. The van der Waals surface area contributed by atoms with Gasteiger partial charge in [0.05, 0.1) is 11.7 Å². The Balaban J connectivity index is 0.00000181. The summed E-state index contributed by atoms with van der Waals surface area (Å²) in [4.78, 5) is 25.0. The number of aliphatic hydroxyl groups is 1. The van der Waals surface area contributed by atoms with Crippen molar-refractivity contribution in [1.29, 1.82) is 0 Å². The van der Waals surface area contributed by atoms with E-state index in [1.54, 1.807) is 23.0 Å². The highest BCUT2D eigenvalue weighted by Crippen LogP contribution is 2.41. The van der Waals surface area contributed by atoms with Crippen molar-refractivity contribution < 1.29 is 14.1 Å². The highest BCUT2D eigenvalue weighted by molar-refractivity contribution is 9.10. The Morgan fingerprint density at radius 2 is 1.93 bits per heavy atom. The fourth-order valence-electron chi connectivity index (χ4n) is 5.55. The molecular weight excluding hydrogens is 658 g/mol. The summed E-state index contributed by atoms with van der Waals surface area (Å²) in [6.07, 6.45) is 8.69. The molecule has 0 spiro atoms. The van der Waals surface area contributed by atoms with E-state index in [-0.39, 0.29) is 11.9 Å². The summed E-state index contributed by atoms with van der Waals surface area (Å²) in [5.74, 6) is 3.75. The van der Waals surface area contributed by atoms with Gasteiger partial charge in [0.25, 0.3) is 0 Å². The molecule has 3 heterocycles. The van der Waals surface area contributed by atoms with Gasteiger partial charge in [0.2, 0.25) is 5.91 Å². The van der Waals surface area contributed by atoms with Crippen LogP contribution in [0.1, 0.15) is 39.6 Å². The molecule has 1 aliphatic carbocycles. The number of carbonyl (C=O) groups is 1. The maximum Gasteiger partial charge on any atom is 0.239 e. The van der Waals surface area contributed by atoms with Crippen LogP contribution in [-0.4, -0.2) is 79.3 Å². The number of amides is 1. The van der Waals surface area contributed by atoms with Crippen LogP contribution < -0.4 is 5.32 Å². The molecule has 0 saturated carbocycles. The van der Waals surface area contributed by atoms with E-state index in [0.717, 1.165) is 40.2 Å². The third-order valence-electron chi connectivity index (χ3n) is 7.24. The summed E-state index contributed by atoms with van der Waals surface area (Å²) >= 11 is 7.46. The molecule has 1 aromatic carbocycles. The smallest absolute Gasteiger partial charge is 0.239 e. The first-order valence-electron chi connectivity index (χ1n) is 13.0. The first-order chi connectivity index (χ1) is 19.1. The van der Waals surface area contributed by atoms with Gasteiger partial charge in [0.15, 0.2) is 0 Å². The van der Waals surface area contributed by atoms with Gasteiger partial charge in [-0.1, -0.05) is 28.1 Å². The van der Waals surface area contributed by atoms with Crippen molar-refractivity contribution in [1.82, 2.24) is 24.5 Å². The second-order valence-corrected chi connectivity index (χ2v) is 14.3. The third-order valence-corrected chi connectivity index (χ3v) is 9.76. The maximum absolute atomic E-state index is 13.6. The third kappa shape index (κ3) is 6.83. The van der Waals surface area contributed by atoms with Gasteiger partial charge >= 0.3 is 0 Å². The van der Waals surface area contributed by atoms with Crippen molar-refractivity contribution in [2.75, 3.05) is 33.0 Å². The lowest BCUT2D eigenvalue weighted by molar-refractivity contribution is -0.127. The first-order valence-corrected chi connectivity index (χ1v) is 16.7. The van der Waals surface area contributed by atoms with Gasteiger partial charge in [-0.25, -0.2) is 4.31 Å². The number of rotatable bonds is 5. The Morgan fingerprint density at radius 1 is 1.18 bits per heavy atom. The summed E-state index contributed by atoms with van der Waals surface area (Å²) in [6.45, 7) is 3.97. The van der Waals surface area contributed by atoms with Crippen LogP contribution in [0.4, 0.5) is 0 Å². The van der Waals surface area contributed by atoms with Crippen molar-refractivity contribution in [3.8, 4) is 0 Å². The lowest BCUT2D eigenvalue weighted by atomic mass is 9.94. The Kier molecular flexibility index (Phi) is 10.2. The van der Waals surface area contributed by atoms with Crippen LogP contribution in [0.3, 0.4) is 0 Å². The van der Waals surface area contributed by atoms with E-state index in [1.165, 1.54) is 22.3 Å². The number of halogens is 2. The zero-order valence-corrected chi connectivity index (χ0v) is 26.9. The molecular formula is C29H35Br2N5O3S. The van der Waals surface area contributed by atoms with Crippen LogP contribution in [-0.2, 0) is 33.9 Å². The summed E-state index contributed by atoms with van der Waals surface area (Å²) < 4.78 is 16.9. The molecule has 5 rings (SSSR count). The first kappa shape index (κ1) is 30.8. The fourth-order valence-corrected chi connectivity index (χ4v) is 7.93. The van der Waals surface area contributed by atoms with Gasteiger partial charge in [-0.3, -0.25) is 23.9 Å². The number of aliphatic hydroxyl groups excluding tert-OH is 1. The number of aromatic nitrogens is 2. The van der Waals surface area contributed by atoms with Crippen molar-refractivity contribution in [2.24, 2.45) is 0 Å². The van der Waals surface area contributed by atoms with Crippen molar-refractivity contribution in [2.45, 2.75) is 38.4 Å². The van der Waals surface area contributed by atoms with E-state index in [2.05, 4.69) is 78.1 Å². The molecule has 1 aliphatic heterocycles. The Bertz CT molecular complexity index is 1470. The maximum atomic E-state index is 13.6. The van der Waals surface area contributed by atoms with Crippen LogP contribution in [0.15, 0.2) is 57.9 Å². The zero-order valence-electron chi connectivity index (χ0n) is 22.9. The number of fused-ring (bicyclic) bond motifs is 2. The SMILES string of the molecule is C=S(C)(=O)N1CCN(C2c3ncc(Br)cc3CCc3cc(C)cc(Br)c32)CC1C(=O)NCc1cccnc1.CO. The largest absolute Gasteiger partial charge is 0.400 e. The highest BCUT2D eigenvalue weighted by Gasteiger charge is 2.40. The average Bonchev–Trinajstić information content (AvgIpc) is 3.09. The molecule has 3 unspecified atom stereocenters. The number of nitrogens with one attached hydrogen (secondary N) is 1. The minimum absolute atomic E-state index is 0.140. The molecule has 2 N–H and O–H groups in total. The van der Waals surface area contributed by atoms with Gasteiger partial charge in [-0.2, -0.15) is 0 Å². The molecule has 3 atom stereocenters. The minimum Gasteiger partial charge on any atom is -0.400 e. The van der Waals surface area contributed by atoms with Gasteiger partial charge in [0.1, 0.15) is 6.04 Å². The van der Waals surface area contributed by atoms with Gasteiger partial charge in [0, 0.05) is 76.8 Å². The van der Waals surface area contributed by atoms with Crippen molar-refractivity contribution in [3.63, 3.8) is 0 Å². The summed E-state index contributed by atoms with van der Waals surface area (Å²) in [6, 6.07) is 9.58. The van der Waals surface area contributed by atoms with E-state index in [1.807, 2.05) is 18.3 Å². The quantitative estimate of drug-likeness (QED) is 0.396. The molecule has 2 aliphatic rings. The van der Waals surface area contributed by atoms with E-state index < -0.39 is 15.7 Å². The number of hydrogen-bond acceptors (Lipinski definition) is 6. The molecule has 3 aromatic rings. The highest BCUT2D eigenvalue weighted by atomic mass is 79.9. The number of carbonyl (C=O) groups excluding carboxylic acids is 1. The number of piperazine rings is 1. The Labute approximate surface area is 253 Å². The molecule has 1 fully saturated rings. The van der Waals surface area contributed by atoms with E-state index in [0.29, 0.717) is 26.2 Å². The standard InChI is InChI=1S/C28H31Br2N5O2S.CH4O/c1-18-11-20-6-7-21-13-22(29)16-32-26(21)27(25(20)23(30)12-18)34-9-10-35(38(2,3)37)24(17-34)28(36)33-15-19-5-4-8-31-14-19;1-2/h4-5,8,11-14,16,24,27H,2,6-7,9-10,15,17H2,1,3H3,(H,33,36);2H,1H3. The van der Waals surface area contributed by atoms with Gasteiger partial charge in [-0.05, 0) is 87.6 Å². The Hall–Kier alpha value is -2.15. The van der Waals surface area contributed by atoms with E-state index in [9.17, 15) is 9.00 Å². The van der Waals surface area contributed by atoms with Gasteiger partial charge in [-0.15, -0.1) is 0 Å². The van der Waals surface area contributed by atoms with Crippen LogP contribution >= 0.6 is 31.9 Å². The lowest BCUT2D eigenvalue weighted by Crippen LogP contribution is -2.60. The average molecular weight is 694 g/mol. The molecule has 214 valence electrons.